The number of benzene rings is 2. The number of aryl methyl sites for hydroxylation is 1. The van der Waals surface area contributed by atoms with Crippen LogP contribution in [0.4, 0.5) is 0 Å². The lowest BCUT2D eigenvalue weighted by atomic mass is 9.94. The summed E-state index contributed by atoms with van der Waals surface area (Å²) in [7, 11) is 0. The maximum atomic E-state index is 13.5. The monoisotopic (exact) mass is 518 g/mol. The molecule has 1 saturated heterocycles. The van der Waals surface area contributed by atoms with Crippen LogP contribution in [0.5, 0.6) is 5.75 Å². The van der Waals surface area contributed by atoms with Crippen LogP contribution in [0.3, 0.4) is 0 Å². The normalized spacial score (nSPS) is 25.5. The highest BCUT2D eigenvalue weighted by Gasteiger charge is 2.36. The molecule has 0 aromatic heterocycles. The number of hydrogen-bond acceptors (Lipinski definition) is 5. The zero-order valence-electron chi connectivity index (χ0n) is 22.1. The number of nitrogens with zero attached hydrogens (tertiary/aromatic N) is 1. The predicted octanol–water partition coefficient (Wildman–Crippen LogP) is 2.25. The number of fused-ring (bicyclic) bond motifs is 5. The van der Waals surface area contributed by atoms with Crippen LogP contribution >= 0.6 is 0 Å². The van der Waals surface area contributed by atoms with E-state index in [-0.39, 0.29) is 24.2 Å². The van der Waals surface area contributed by atoms with Crippen molar-refractivity contribution in [3.05, 3.63) is 64.7 Å². The van der Waals surface area contributed by atoms with Crippen LogP contribution in [0, 0.1) is 18.8 Å². The Labute approximate surface area is 224 Å². The van der Waals surface area contributed by atoms with Crippen molar-refractivity contribution < 1.29 is 19.1 Å². The molecule has 4 bridgehead atoms. The van der Waals surface area contributed by atoms with E-state index in [0.29, 0.717) is 45.0 Å². The average Bonchev–Trinajstić information content (AvgIpc) is 3.35. The summed E-state index contributed by atoms with van der Waals surface area (Å²) in [6, 6.07) is 12.3. The van der Waals surface area contributed by atoms with E-state index in [2.05, 4.69) is 22.8 Å². The zero-order valence-corrected chi connectivity index (χ0v) is 22.1. The third-order valence-electron chi connectivity index (χ3n) is 8.31. The number of carbonyl (C=O) groups excluding carboxylic acids is 3. The van der Waals surface area contributed by atoms with Gasteiger partial charge in [-0.1, -0.05) is 30.3 Å². The van der Waals surface area contributed by atoms with Crippen molar-refractivity contribution in [2.75, 3.05) is 19.7 Å². The summed E-state index contributed by atoms with van der Waals surface area (Å²) in [6.45, 7) is 4.23. The zero-order chi connectivity index (χ0) is 26.6. The van der Waals surface area contributed by atoms with Crippen LogP contribution < -0.4 is 21.1 Å². The largest absolute Gasteiger partial charge is 0.494 e. The summed E-state index contributed by atoms with van der Waals surface area (Å²) < 4.78 is 6.07. The van der Waals surface area contributed by atoms with Crippen molar-refractivity contribution in [1.82, 2.24) is 15.5 Å². The smallest absolute Gasteiger partial charge is 0.243 e. The number of hydrogen-bond donors (Lipinski definition) is 3. The van der Waals surface area contributed by atoms with Crippen molar-refractivity contribution in [2.45, 2.75) is 64.1 Å². The molecule has 1 aliphatic carbocycles. The van der Waals surface area contributed by atoms with Gasteiger partial charge in [-0.3, -0.25) is 14.4 Å². The van der Waals surface area contributed by atoms with Crippen molar-refractivity contribution >= 4 is 17.7 Å². The minimum Gasteiger partial charge on any atom is -0.494 e. The fourth-order valence-electron chi connectivity index (χ4n) is 5.99. The van der Waals surface area contributed by atoms with Gasteiger partial charge in [-0.2, -0.15) is 0 Å². The first-order chi connectivity index (χ1) is 18.4. The first-order valence-corrected chi connectivity index (χ1v) is 13.8. The average molecular weight is 519 g/mol. The summed E-state index contributed by atoms with van der Waals surface area (Å²) >= 11 is 0. The van der Waals surface area contributed by atoms with Gasteiger partial charge in [-0.15, -0.1) is 0 Å². The molecule has 2 aromatic carbocycles. The molecule has 1 unspecified atom stereocenters. The molecule has 3 atom stereocenters. The van der Waals surface area contributed by atoms with Gasteiger partial charge in [0.2, 0.25) is 17.7 Å². The lowest BCUT2D eigenvalue weighted by Gasteiger charge is -2.33. The Balaban J connectivity index is 1.39. The Morgan fingerprint density at radius 2 is 1.71 bits per heavy atom. The molecule has 38 heavy (non-hydrogen) atoms. The second-order valence-electron chi connectivity index (χ2n) is 11.0. The van der Waals surface area contributed by atoms with Gasteiger partial charge in [-0.25, -0.2) is 0 Å². The van der Waals surface area contributed by atoms with Gasteiger partial charge in [-0.05, 0) is 85.3 Å². The third-order valence-corrected chi connectivity index (χ3v) is 8.31. The number of rotatable bonds is 1. The fourth-order valence-corrected chi connectivity index (χ4v) is 5.99. The van der Waals surface area contributed by atoms with E-state index in [1.807, 2.05) is 42.2 Å². The van der Waals surface area contributed by atoms with Crippen LogP contribution in [0.25, 0.3) is 0 Å². The van der Waals surface area contributed by atoms with Crippen LogP contribution in [-0.4, -0.2) is 54.4 Å². The molecule has 8 heteroatoms. The third kappa shape index (κ3) is 6.01. The summed E-state index contributed by atoms with van der Waals surface area (Å²) in [5.74, 6) is 0.206. The van der Waals surface area contributed by atoms with Crippen molar-refractivity contribution in [2.24, 2.45) is 17.6 Å². The minimum absolute atomic E-state index is 0.0714. The molecule has 2 heterocycles. The highest BCUT2D eigenvalue weighted by molar-refractivity contribution is 5.92. The molecule has 0 radical (unpaired) electrons. The minimum atomic E-state index is -1.01. The molecule has 3 aliphatic rings. The highest BCUT2D eigenvalue weighted by atomic mass is 16.5. The van der Waals surface area contributed by atoms with Gasteiger partial charge in [0.1, 0.15) is 11.8 Å². The topological polar surface area (TPSA) is 114 Å². The lowest BCUT2D eigenvalue weighted by molar-refractivity contribution is -0.136. The molecule has 3 amide bonds. The quantitative estimate of drug-likeness (QED) is 0.536. The van der Waals surface area contributed by atoms with Crippen molar-refractivity contribution in [3.8, 4) is 5.75 Å². The van der Waals surface area contributed by atoms with E-state index < -0.39 is 18.0 Å². The Morgan fingerprint density at radius 3 is 2.47 bits per heavy atom. The highest BCUT2D eigenvalue weighted by Crippen LogP contribution is 2.29. The maximum absolute atomic E-state index is 13.5. The summed E-state index contributed by atoms with van der Waals surface area (Å²) in [4.78, 5) is 41.6. The number of piperidine rings is 1. The second-order valence-corrected chi connectivity index (χ2v) is 11.0. The molecular weight excluding hydrogens is 480 g/mol. The molecule has 4 N–H and O–H groups in total. The van der Waals surface area contributed by atoms with Crippen LogP contribution in [0.1, 0.15) is 47.9 Å². The van der Waals surface area contributed by atoms with Gasteiger partial charge in [0.05, 0.1) is 19.1 Å². The van der Waals surface area contributed by atoms with Crippen molar-refractivity contribution in [1.29, 1.82) is 0 Å². The molecule has 202 valence electrons. The van der Waals surface area contributed by atoms with E-state index in [4.69, 9.17) is 10.5 Å². The molecular formula is C30H38N4O4. The van der Waals surface area contributed by atoms with E-state index in [1.165, 1.54) is 11.1 Å². The maximum Gasteiger partial charge on any atom is 0.243 e. The Morgan fingerprint density at radius 1 is 0.947 bits per heavy atom. The first-order valence-electron chi connectivity index (χ1n) is 13.8. The van der Waals surface area contributed by atoms with E-state index in [9.17, 15) is 14.4 Å². The van der Waals surface area contributed by atoms with Gasteiger partial charge in [0.25, 0.3) is 0 Å². The molecule has 0 spiro atoms. The number of amides is 3. The molecule has 5 rings (SSSR count). The molecule has 8 nitrogen and oxygen atoms in total. The number of nitrogens with one attached hydrogen (secondary N) is 2. The van der Waals surface area contributed by atoms with E-state index in [1.54, 1.807) is 0 Å². The van der Waals surface area contributed by atoms with Gasteiger partial charge in [0.15, 0.2) is 0 Å². The standard InChI is InChI=1S/C30H38N4O4/c1-19-8-9-25-15-24(19)17-32-30(37)28(23-13-21-6-2-3-7-22(21)14-23)33-29(36)26(31)16-27(35)34-11-4-5-20(18-34)10-12-38-25/h2-3,6-9,15,20,23,26,28H,4-5,10-14,16-18,31H2,1H3,(H,32,37)(H,33,36)/t20?,26-,28-/m0/s1. The number of ether oxygens (including phenoxy) is 1. The molecule has 1 fully saturated rings. The van der Waals surface area contributed by atoms with Gasteiger partial charge >= 0.3 is 0 Å². The molecule has 2 aliphatic heterocycles. The predicted molar refractivity (Wildman–Crippen MR) is 144 cm³/mol. The van der Waals surface area contributed by atoms with Crippen LogP contribution in [0.2, 0.25) is 0 Å². The van der Waals surface area contributed by atoms with Crippen molar-refractivity contribution in [3.63, 3.8) is 0 Å². The second kappa shape index (κ2) is 11.6. The van der Waals surface area contributed by atoms with Crippen LogP contribution in [0.15, 0.2) is 42.5 Å². The Hall–Kier alpha value is -3.39. The molecule has 2 aromatic rings. The summed E-state index contributed by atoms with van der Waals surface area (Å²) in [5, 5.41) is 5.97. The number of nitrogens with two attached hydrogens (primary N) is 1. The van der Waals surface area contributed by atoms with E-state index >= 15 is 0 Å². The Bertz CT molecular complexity index is 1170. The summed E-state index contributed by atoms with van der Waals surface area (Å²) in [6.07, 6.45) is 4.15. The number of carbonyl (C=O) groups is 3. The van der Waals surface area contributed by atoms with Gasteiger partial charge < -0.3 is 26.0 Å². The SMILES string of the molecule is Cc1ccc2cc1CNC(=O)[C@H](C1Cc3ccccc3C1)NC(=O)[C@@H](N)CC(=O)N1CCCC(CCO2)C1. The fraction of sp³-hybridized carbons (Fsp3) is 0.500. The van der Waals surface area contributed by atoms with Gasteiger partial charge in [0, 0.05) is 19.6 Å². The molecule has 0 saturated carbocycles. The first kappa shape index (κ1) is 26.2. The lowest BCUT2D eigenvalue weighted by Crippen LogP contribution is -2.55. The van der Waals surface area contributed by atoms with E-state index in [0.717, 1.165) is 36.1 Å². The summed E-state index contributed by atoms with van der Waals surface area (Å²) in [5.41, 5.74) is 10.7. The van der Waals surface area contributed by atoms with Crippen LogP contribution in [-0.2, 0) is 33.8 Å². The Kier molecular flexibility index (Phi) is 7.98.